The molecule has 162 valence electrons. The molecule has 0 bridgehead atoms. The number of hydrogen-bond acceptors (Lipinski definition) is 9. The van der Waals surface area contributed by atoms with E-state index in [1.807, 2.05) is 37.2 Å². The van der Waals surface area contributed by atoms with E-state index in [1.165, 1.54) is 0 Å². The van der Waals surface area contributed by atoms with Crippen molar-refractivity contribution in [2.45, 2.75) is 25.3 Å². The number of aryl methyl sites for hydroxylation is 1. The highest BCUT2D eigenvalue weighted by atomic mass is 32.1. The predicted molar refractivity (Wildman–Crippen MR) is 119 cm³/mol. The van der Waals surface area contributed by atoms with Crippen molar-refractivity contribution in [3.63, 3.8) is 0 Å². The van der Waals surface area contributed by atoms with Gasteiger partial charge < -0.3 is 15.0 Å². The summed E-state index contributed by atoms with van der Waals surface area (Å²) in [6.45, 7) is 1.11. The fourth-order valence-electron chi connectivity index (χ4n) is 3.68. The minimum absolute atomic E-state index is 0.0357. The molecule has 1 aliphatic carbocycles. The molecule has 1 N–H and O–H groups in total. The standard InChI is InChI=1S/C22H24N4O4S/c1-26(2)9-8-23-16-11-17(27)21-18(19(16)28)25-22(31-21)20(29)15-6-4-12-10-13(30-3)5-7-14(12)24-15/h5,7,10,15,24H,4,6,8-9,11H2,1-3H3. The summed E-state index contributed by atoms with van der Waals surface area (Å²) in [6.07, 6.45) is 1.29. The monoisotopic (exact) mass is 440 g/mol. The maximum atomic E-state index is 13.1. The largest absolute Gasteiger partial charge is 0.497 e. The number of aromatic nitrogens is 1. The van der Waals surface area contributed by atoms with Gasteiger partial charge in [-0.2, -0.15) is 0 Å². The van der Waals surface area contributed by atoms with E-state index in [-0.39, 0.29) is 45.1 Å². The Bertz CT molecular complexity index is 1090. The van der Waals surface area contributed by atoms with Crippen molar-refractivity contribution in [2.75, 3.05) is 39.6 Å². The van der Waals surface area contributed by atoms with Crippen molar-refractivity contribution < 1.29 is 19.1 Å². The number of nitrogens with zero attached hydrogens (tertiary/aromatic N) is 3. The number of nitrogens with one attached hydrogen (secondary N) is 1. The zero-order chi connectivity index (χ0) is 22.1. The van der Waals surface area contributed by atoms with Gasteiger partial charge in [-0.05, 0) is 50.7 Å². The highest BCUT2D eigenvalue weighted by Gasteiger charge is 2.36. The molecule has 2 aliphatic rings. The molecule has 0 spiro atoms. The lowest BCUT2D eigenvalue weighted by atomic mass is 9.95. The molecule has 0 amide bonds. The molecule has 2 heterocycles. The number of fused-ring (bicyclic) bond motifs is 2. The summed E-state index contributed by atoms with van der Waals surface area (Å²) in [7, 11) is 5.45. The van der Waals surface area contributed by atoms with E-state index in [1.54, 1.807) is 7.11 Å². The van der Waals surface area contributed by atoms with Gasteiger partial charge in [-0.25, -0.2) is 4.98 Å². The first-order valence-corrected chi connectivity index (χ1v) is 10.9. The second kappa shape index (κ2) is 8.68. The third-order valence-corrected chi connectivity index (χ3v) is 6.52. The summed E-state index contributed by atoms with van der Waals surface area (Å²) < 4.78 is 5.26. The minimum Gasteiger partial charge on any atom is -0.497 e. The number of methoxy groups -OCH3 is 1. The summed E-state index contributed by atoms with van der Waals surface area (Å²) >= 11 is 1.01. The average molecular weight is 441 g/mol. The number of Topliss-reactive ketones (excluding diaryl/α,β-unsaturated/α-hetero) is 3. The number of ether oxygens (including phenoxy) is 1. The molecule has 0 radical (unpaired) electrons. The van der Waals surface area contributed by atoms with Crippen LogP contribution in [0.1, 0.15) is 48.4 Å². The van der Waals surface area contributed by atoms with E-state index < -0.39 is 6.04 Å². The Kier molecular flexibility index (Phi) is 5.97. The first-order chi connectivity index (χ1) is 14.9. The summed E-state index contributed by atoms with van der Waals surface area (Å²) in [4.78, 5) is 49.2. The molecule has 0 saturated heterocycles. The Labute approximate surface area is 184 Å². The van der Waals surface area contributed by atoms with E-state index in [9.17, 15) is 14.4 Å². The quantitative estimate of drug-likeness (QED) is 0.689. The van der Waals surface area contributed by atoms with Crippen LogP contribution in [0.15, 0.2) is 23.2 Å². The van der Waals surface area contributed by atoms with Crippen molar-refractivity contribution >= 4 is 40.1 Å². The number of ketones is 3. The Morgan fingerprint density at radius 1 is 1.35 bits per heavy atom. The fourth-order valence-corrected chi connectivity index (χ4v) is 4.67. The lowest BCUT2D eigenvalue weighted by Crippen LogP contribution is -2.33. The lowest BCUT2D eigenvalue weighted by molar-refractivity contribution is 0.0957. The Morgan fingerprint density at radius 2 is 2.16 bits per heavy atom. The highest BCUT2D eigenvalue weighted by Crippen LogP contribution is 2.32. The molecular weight excluding hydrogens is 416 g/mol. The lowest BCUT2D eigenvalue weighted by Gasteiger charge is -2.25. The van der Waals surface area contributed by atoms with Crippen molar-refractivity contribution in [1.82, 2.24) is 9.88 Å². The van der Waals surface area contributed by atoms with Gasteiger partial charge in [0.25, 0.3) is 0 Å². The number of likely N-dealkylation sites (N-methyl/N-ethyl adjacent to an activating group) is 1. The number of carbonyl (C=O) groups is 3. The average Bonchev–Trinajstić information content (AvgIpc) is 3.22. The van der Waals surface area contributed by atoms with Crippen LogP contribution >= 0.6 is 11.3 Å². The Hall–Kier alpha value is -2.91. The number of hydrogen-bond donors (Lipinski definition) is 1. The van der Waals surface area contributed by atoms with Crippen LogP contribution in [0.3, 0.4) is 0 Å². The highest BCUT2D eigenvalue weighted by molar-refractivity contribution is 7.16. The van der Waals surface area contributed by atoms with Gasteiger partial charge in [0, 0.05) is 12.2 Å². The van der Waals surface area contributed by atoms with Crippen molar-refractivity contribution in [1.29, 1.82) is 0 Å². The van der Waals surface area contributed by atoms with Crippen LogP contribution in [0, 0.1) is 0 Å². The molecule has 1 unspecified atom stereocenters. The van der Waals surface area contributed by atoms with E-state index >= 15 is 0 Å². The number of aliphatic imine (C=N–C) groups is 1. The molecule has 9 heteroatoms. The summed E-state index contributed by atoms with van der Waals surface area (Å²) in [5, 5.41) is 3.45. The van der Waals surface area contributed by atoms with Gasteiger partial charge >= 0.3 is 0 Å². The number of rotatable bonds is 6. The van der Waals surface area contributed by atoms with Crippen LogP contribution in [-0.2, 0) is 6.42 Å². The fraction of sp³-hybridized carbons (Fsp3) is 0.409. The normalized spacial score (nSPS) is 19.2. The molecule has 8 nitrogen and oxygen atoms in total. The zero-order valence-corrected chi connectivity index (χ0v) is 18.5. The number of anilines is 1. The first-order valence-electron chi connectivity index (χ1n) is 10.1. The van der Waals surface area contributed by atoms with E-state index in [2.05, 4.69) is 15.3 Å². The van der Waals surface area contributed by atoms with Gasteiger partial charge in [0.2, 0.25) is 11.6 Å². The van der Waals surface area contributed by atoms with E-state index in [4.69, 9.17) is 4.74 Å². The molecule has 1 aromatic heterocycles. The topological polar surface area (TPSA) is 101 Å². The molecule has 2 aromatic rings. The van der Waals surface area contributed by atoms with Crippen molar-refractivity contribution in [3.8, 4) is 5.75 Å². The van der Waals surface area contributed by atoms with Crippen LogP contribution in [0.5, 0.6) is 5.75 Å². The molecule has 4 rings (SSSR count). The number of benzene rings is 1. The summed E-state index contributed by atoms with van der Waals surface area (Å²) in [5.74, 6) is 0.0204. The van der Waals surface area contributed by atoms with Gasteiger partial charge in [-0.3, -0.25) is 19.4 Å². The molecular formula is C22H24N4O4S. The number of thiazole rings is 1. The molecule has 1 atom stereocenters. The summed E-state index contributed by atoms with van der Waals surface area (Å²) in [6, 6.07) is 5.24. The molecule has 0 fully saturated rings. The molecule has 0 saturated carbocycles. The van der Waals surface area contributed by atoms with Crippen LogP contribution in [-0.4, -0.2) is 73.3 Å². The van der Waals surface area contributed by atoms with E-state index in [0.717, 1.165) is 34.8 Å². The van der Waals surface area contributed by atoms with Crippen molar-refractivity contribution in [3.05, 3.63) is 39.3 Å². The van der Waals surface area contributed by atoms with Gasteiger partial charge in [0.05, 0.1) is 31.8 Å². The van der Waals surface area contributed by atoms with Crippen LogP contribution in [0.4, 0.5) is 5.69 Å². The van der Waals surface area contributed by atoms with Crippen LogP contribution in [0.2, 0.25) is 0 Å². The second-order valence-corrected chi connectivity index (χ2v) is 8.88. The Balaban J connectivity index is 1.53. The zero-order valence-electron chi connectivity index (χ0n) is 17.7. The van der Waals surface area contributed by atoms with Crippen molar-refractivity contribution in [2.24, 2.45) is 4.99 Å². The van der Waals surface area contributed by atoms with Crippen LogP contribution < -0.4 is 10.1 Å². The van der Waals surface area contributed by atoms with Gasteiger partial charge in [0.15, 0.2) is 10.8 Å². The van der Waals surface area contributed by atoms with Gasteiger partial charge in [-0.15, -0.1) is 11.3 Å². The first kappa shape index (κ1) is 21.3. The predicted octanol–water partition coefficient (Wildman–Crippen LogP) is 2.53. The molecule has 31 heavy (non-hydrogen) atoms. The maximum Gasteiger partial charge on any atom is 0.227 e. The van der Waals surface area contributed by atoms with Gasteiger partial charge in [-0.1, -0.05) is 0 Å². The van der Waals surface area contributed by atoms with Crippen LogP contribution in [0.25, 0.3) is 0 Å². The number of carbonyl (C=O) groups excluding carboxylic acids is 3. The smallest absolute Gasteiger partial charge is 0.227 e. The SMILES string of the molecule is COc1ccc2c(c1)CCC(C(=O)c1nc3c(s1)C(=O)CC(=NCCN(C)C)C3=O)N2. The Morgan fingerprint density at radius 3 is 2.90 bits per heavy atom. The minimum atomic E-state index is -0.452. The van der Waals surface area contributed by atoms with Gasteiger partial charge in [0.1, 0.15) is 16.3 Å². The summed E-state index contributed by atoms with van der Waals surface area (Å²) in [5.41, 5.74) is 2.26. The third-order valence-electron chi connectivity index (χ3n) is 5.41. The maximum absolute atomic E-state index is 13.1. The molecule has 1 aliphatic heterocycles. The second-order valence-electron chi connectivity index (χ2n) is 7.88. The molecule has 1 aromatic carbocycles. The van der Waals surface area contributed by atoms with E-state index in [0.29, 0.717) is 19.5 Å². The third kappa shape index (κ3) is 4.28.